The lowest BCUT2D eigenvalue weighted by molar-refractivity contribution is -0.0537. The minimum absolute atomic E-state index is 0.412. The van der Waals surface area contributed by atoms with E-state index in [4.69, 9.17) is 9.47 Å². The van der Waals surface area contributed by atoms with Crippen LogP contribution in [0.1, 0.15) is 38.5 Å². The predicted molar refractivity (Wildman–Crippen MR) is 47.2 cm³/mol. The fourth-order valence-corrected chi connectivity index (χ4v) is 2.12. The summed E-state index contributed by atoms with van der Waals surface area (Å²) < 4.78 is 11.5. The van der Waals surface area contributed by atoms with E-state index in [9.17, 15) is 0 Å². The topological polar surface area (TPSA) is 18.5 Å². The molecule has 2 saturated heterocycles. The molecule has 0 unspecified atom stereocenters. The normalized spacial score (nSPS) is 38.0. The van der Waals surface area contributed by atoms with Crippen molar-refractivity contribution in [3.05, 3.63) is 0 Å². The summed E-state index contributed by atoms with van der Waals surface area (Å²) in [5.74, 6) is 0. The average molecular weight is 170 g/mol. The Bertz CT molecular complexity index is 108. The predicted octanol–water partition coefficient (Wildman–Crippen LogP) is 2.12. The van der Waals surface area contributed by atoms with Crippen molar-refractivity contribution in [2.75, 3.05) is 13.2 Å². The molecular formula is C10H18O2. The molecule has 0 radical (unpaired) electrons. The van der Waals surface area contributed by atoms with Gasteiger partial charge in [-0.1, -0.05) is 0 Å². The van der Waals surface area contributed by atoms with Gasteiger partial charge >= 0.3 is 0 Å². The van der Waals surface area contributed by atoms with Crippen LogP contribution in [0.3, 0.4) is 0 Å². The zero-order valence-electron chi connectivity index (χ0n) is 7.63. The lowest BCUT2D eigenvalue weighted by Crippen LogP contribution is -2.28. The van der Waals surface area contributed by atoms with Crippen LogP contribution in [-0.2, 0) is 9.47 Å². The first-order valence-corrected chi connectivity index (χ1v) is 5.20. The van der Waals surface area contributed by atoms with Gasteiger partial charge in [-0.05, 0) is 38.5 Å². The zero-order valence-corrected chi connectivity index (χ0v) is 7.63. The van der Waals surface area contributed by atoms with E-state index in [-0.39, 0.29) is 0 Å². The molecule has 0 aliphatic carbocycles. The van der Waals surface area contributed by atoms with Crippen molar-refractivity contribution in [2.24, 2.45) is 0 Å². The number of ether oxygens (including phenoxy) is 2. The molecule has 2 heteroatoms. The minimum atomic E-state index is 0.412. The minimum Gasteiger partial charge on any atom is -0.376 e. The molecule has 2 aliphatic rings. The third-order valence-electron chi connectivity index (χ3n) is 2.84. The molecule has 2 fully saturated rings. The van der Waals surface area contributed by atoms with E-state index in [2.05, 4.69) is 0 Å². The summed E-state index contributed by atoms with van der Waals surface area (Å²) in [5.41, 5.74) is 0. The molecule has 0 saturated carbocycles. The Balaban J connectivity index is 1.94. The first kappa shape index (κ1) is 8.52. The molecule has 0 aromatic rings. The molecule has 0 N–H and O–H groups in total. The lowest BCUT2D eigenvalue weighted by Gasteiger charge is -2.21. The number of rotatable bonds is 0. The van der Waals surface area contributed by atoms with E-state index in [1.807, 2.05) is 0 Å². The molecule has 12 heavy (non-hydrogen) atoms. The van der Waals surface area contributed by atoms with Gasteiger partial charge < -0.3 is 9.47 Å². The average Bonchev–Trinajstić information content (AvgIpc) is 2.38. The van der Waals surface area contributed by atoms with Crippen LogP contribution >= 0.6 is 0 Å². The number of hydrogen-bond acceptors (Lipinski definition) is 2. The Morgan fingerprint density at radius 3 is 1.67 bits per heavy atom. The summed E-state index contributed by atoms with van der Waals surface area (Å²) in [6.45, 7) is 1.90. The van der Waals surface area contributed by atoms with Crippen molar-refractivity contribution in [3.63, 3.8) is 0 Å². The Morgan fingerprint density at radius 2 is 1.17 bits per heavy atom. The maximum absolute atomic E-state index is 5.76. The first-order valence-electron chi connectivity index (χ1n) is 5.20. The van der Waals surface area contributed by atoms with E-state index in [0.29, 0.717) is 12.2 Å². The van der Waals surface area contributed by atoms with Gasteiger partial charge in [0.25, 0.3) is 0 Å². The van der Waals surface area contributed by atoms with Crippen molar-refractivity contribution >= 4 is 0 Å². The Labute approximate surface area is 74.2 Å². The third-order valence-corrected chi connectivity index (χ3v) is 2.84. The van der Waals surface area contributed by atoms with Gasteiger partial charge in [0.05, 0.1) is 12.2 Å². The van der Waals surface area contributed by atoms with Gasteiger partial charge in [-0.15, -0.1) is 0 Å². The number of hydrogen-bond donors (Lipinski definition) is 0. The van der Waals surface area contributed by atoms with E-state index < -0.39 is 0 Å². The molecule has 0 bridgehead atoms. The molecule has 0 aromatic heterocycles. The smallest absolute Gasteiger partial charge is 0.0836 e. The van der Waals surface area contributed by atoms with Crippen LogP contribution in [0, 0.1) is 0 Å². The van der Waals surface area contributed by atoms with E-state index in [0.717, 1.165) is 13.2 Å². The summed E-state index contributed by atoms with van der Waals surface area (Å²) in [6.07, 6.45) is 8.25. The second-order valence-electron chi connectivity index (χ2n) is 3.81. The second kappa shape index (κ2) is 4.24. The van der Waals surface area contributed by atoms with E-state index in [1.165, 1.54) is 38.5 Å². The maximum atomic E-state index is 5.76. The second-order valence-corrected chi connectivity index (χ2v) is 3.81. The first-order chi connectivity index (χ1) is 5.97. The summed E-state index contributed by atoms with van der Waals surface area (Å²) >= 11 is 0. The fraction of sp³-hybridized carbons (Fsp3) is 1.00. The van der Waals surface area contributed by atoms with Crippen molar-refractivity contribution in [1.29, 1.82) is 0 Å². The largest absolute Gasteiger partial charge is 0.376 e. The van der Waals surface area contributed by atoms with Crippen molar-refractivity contribution in [2.45, 2.75) is 50.7 Å². The van der Waals surface area contributed by atoms with Crippen LogP contribution in [0.15, 0.2) is 0 Å². The van der Waals surface area contributed by atoms with Crippen LogP contribution in [0.25, 0.3) is 0 Å². The SMILES string of the molecule is C1CC[C@H]2OCCCC[C@@H]2OC1. The molecule has 0 spiro atoms. The van der Waals surface area contributed by atoms with Crippen LogP contribution in [0.4, 0.5) is 0 Å². The molecule has 2 nitrogen and oxygen atoms in total. The van der Waals surface area contributed by atoms with Crippen molar-refractivity contribution in [3.8, 4) is 0 Å². The highest BCUT2D eigenvalue weighted by atomic mass is 16.5. The molecule has 2 aliphatic heterocycles. The van der Waals surface area contributed by atoms with Crippen LogP contribution < -0.4 is 0 Å². The highest BCUT2D eigenvalue weighted by molar-refractivity contribution is 4.76. The Kier molecular flexibility index (Phi) is 3.01. The van der Waals surface area contributed by atoms with Gasteiger partial charge in [-0.25, -0.2) is 0 Å². The number of fused-ring (bicyclic) bond motifs is 1. The monoisotopic (exact) mass is 170 g/mol. The van der Waals surface area contributed by atoms with Gasteiger partial charge in [0.1, 0.15) is 0 Å². The van der Waals surface area contributed by atoms with Crippen molar-refractivity contribution < 1.29 is 9.47 Å². The molecule has 0 aromatic carbocycles. The van der Waals surface area contributed by atoms with Gasteiger partial charge in [0.2, 0.25) is 0 Å². The molecule has 2 atom stereocenters. The molecule has 2 rings (SSSR count). The molecule has 0 amide bonds. The third kappa shape index (κ3) is 1.99. The van der Waals surface area contributed by atoms with Gasteiger partial charge in [0.15, 0.2) is 0 Å². The maximum Gasteiger partial charge on any atom is 0.0836 e. The standard InChI is InChI=1S/C10H18O2/c1-3-7-11-10-6-2-4-8-12-9(10)5-1/h9-10H,1-8H2/t9-,10+. The van der Waals surface area contributed by atoms with Crippen molar-refractivity contribution in [1.82, 2.24) is 0 Å². The summed E-state index contributed by atoms with van der Waals surface area (Å²) in [6, 6.07) is 0. The van der Waals surface area contributed by atoms with E-state index >= 15 is 0 Å². The highest BCUT2D eigenvalue weighted by Gasteiger charge is 2.26. The summed E-state index contributed by atoms with van der Waals surface area (Å²) in [7, 11) is 0. The van der Waals surface area contributed by atoms with Gasteiger partial charge in [-0.2, -0.15) is 0 Å². The van der Waals surface area contributed by atoms with Gasteiger partial charge in [0, 0.05) is 13.2 Å². The van der Waals surface area contributed by atoms with E-state index in [1.54, 1.807) is 0 Å². The molecule has 70 valence electrons. The summed E-state index contributed by atoms with van der Waals surface area (Å²) in [4.78, 5) is 0. The fourth-order valence-electron chi connectivity index (χ4n) is 2.12. The highest BCUT2D eigenvalue weighted by Crippen LogP contribution is 2.24. The lowest BCUT2D eigenvalue weighted by atomic mass is 10.0. The van der Waals surface area contributed by atoms with Crippen LogP contribution in [0.5, 0.6) is 0 Å². The zero-order chi connectivity index (χ0) is 8.23. The van der Waals surface area contributed by atoms with Crippen LogP contribution in [0.2, 0.25) is 0 Å². The van der Waals surface area contributed by atoms with Gasteiger partial charge in [-0.3, -0.25) is 0 Å². The molecular weight excluding hydrogens is 152 g/mol. The van der Waals surface area contributed by atoms with Crippen LogP contribution in [-0.4, -0.2) is 25.4 Å². The summed E-state index contributed by atoms with van der Waals surface area (Å²) in [5, 5.41) is 0. The molecule has 2 heterocycles. The Morgan fingerprint density at radius 1 is 0.667 bits per heavy atom. The Hall–Kier alpha value is -0.0800. The quantitative estimate of drug-likeness (QED) is 0.554.